The Morgan fingerprint density at radius 3 is 2.61 bits per heavy atom. The molecule has 33 heavy (non-hydrogen) atoms. The first-order valence-electron chi connectivity index (χ1n) is 11.5. The van der Waals surface area contributed by atoms with E-state index in [9.17, 15) is 4.79 Å². The second kappa shape index (κ2) is 10.1. The summed E-state index contributed by atoms with van der Waals surface area (Å²) in [4.78, 5) is 12.4. The number of amides is 1. The largest absolute Gasteiger partial charge is 0.457 e. The number of rotatable bonds is 9. The minimum atomic E-state index is 0.0778. The second-order valence-electron chi connectivity index (χ2n) is 8.92. The molecule has 2 aliphatic carbocycles. The summed E-state index contributed by atoms with van der Waals surface area (Å²) in [5, 5.41) is 15.6. The van der Waals surface area contributed by atoms with Gasteiger partial charge in [0, 0.05) is 11.7 Å². The molecule has 3 aromatic rings. The van der Waals surface area contributed by atoms with Crippen molar-refractivity contribution < 1.29 is 9.53 Å². The quantitative estimate of drug-likeness (QED) is 0.360. The Hall–Kier alpha value is -2.58. The fourth-order valence-corrected chi connectivity index (χ4v) is 6.69. The van der Waals surface area contributed by atoms with E-state index < -0.39 is 0 Å². The maximum atomic E-state index is 12.4. The van der Waals surface area contributed by atoms with Gasteiger partial charge in [-0.3, -0.25) is 4.79 Å². The van der Waals surface area contributed by atoms with Gasteiger partial charge < -0.3 is 15.4 Å². The third kappa shape index (κ3) is 5.68. The van der Waals surface area contributed by atoms with Crippen LogP contribution in [0.4, 0.5) is 10.8 Å². The number of para-hydroxylation sites is 1. The van der Waals surface area contributed by atoms with Gasteiger partial charge in [-0.2, -0.15) is 0 Å². The fourth-order valence-electron chi connectivity index (χ4n) is 5.11. The van der Waals surface area contributed by atoms with Gasteiger partial charge in [0.1, 0.15) is 11.5 Å². The van der Waals surface area contributed by atoms with Gasteiger partial charge >= 0.3 is 0 Å². The van der Waals surface area contributed by atoms with E-state index in [4.69, 9.17) is 4.74 Å². The van der Waals surface area contributed by atoms with Gasteiger partial charge in [0.2, 0.25) is 11.0 Å². The summed E-state index contributed by atoms with van der Waals surface area (Å²) in [5.74, 6) is 4.38. The molecule has 172 valence electrons. The van der Waals surface area contributed by atoms with Crippen molar-refractivity contribution in [3.8, 4) is 11.5 Å². The van der Waals surface area contributed by atoms with Crippen LogP contribution >= 0.6 is 23.1 Å². The number of benzene rings is 2. The zero-order valence-corrected chi connectivity index (χ0v) is 20.2. The van der Waals surface area contributed by atoms with Crippen LogP contribution in [0, 0.1) is 17.8 Å². The highest BCUT2D eigenvalue weighted by molar-refractivity contribution is 8.01. The molecular formula is C25H28N4O2S2. The number of nitrogens with zero attached hydrogens (tertiary/aromatic N) is 2. The topological polar surface area (TPSA) is 76.1 Å². The molecule has 0 spiro atoms. The zero-order chi connectivity index (χ0) is 22.6. The molecule has 4 unspecified atom stereocenters. The van der Waals surface area contributed by atoms with Crippen molar-refractivity contribution in [1.29, 1.82) is 0 Å². The third-order valence-corrected chi connectivity index (χ3v) is 8.61. The molecule has 2 saturated carbocycles. The summed E-state index contributed by atoms with van der Waals surface area (Å²) in [6.07, 6.45) is 5.37. The smallest absolute Gasteiger partial charge is 0.230 e. The lowest BCUT2D eigenvalue weighted by Gasteiger charge is -2.28. The van der Waals surface area contributed by atoms with E-state index in [0.717, 1.165) is 33.4 Å². The first-order chi connectivity index (χ1) is 16.1. The number of carbonyl (C=O) groups excluding carboxylic acids is 1. The van der Waals surface area contributed by atoms with Crippen LogP contribution in [0.25, 0.3) is 0 Å². The highest BCUT2D eigenvalue weighted by atomic mass is 32.2. The lowest BCUT2D eigenvalue weighted by Crippen LogP contribution is -2.40. The first kappa shape index (κ1) is 22.2. The van der Waals surface area contributed by atoms with Gasteiger partial charge in [-0.25, -0.2) is 0 Å². The molecule has 2 aromatic carbocycles. The molecule has 8 heteroatoms. The molecule has 2 aliphatic rings. The van der Waals surface area contributed by atoms with E-state index in [-0.39, 0.29) is 11.9 Å². The molecule has 2 N–H and O–H groups in total. The van der Waals surface area contributed by atoms with E-state index in [1.807, 2.05) is 54.6 Å². The summed E-state index contributed by atoms with van der Waals surface area (Å²) >= 11 is 2.89. The van der Waals surface area contributed by atoms with Crippen LogP contribution in [0.1, 0.15) is 32.6 Å². The lowest BCUT2D eigenvalue weighted by molar-refractivity contribution is -0.119. The number of hydrogen-bond acceptors (Lipinski definition) is 7. The van der Waals surface area contributed by atoms with E-state index in [2.05, 4.69) is 27.8 Å². The minimum absolute atomic E-state index is 0.0778. The van der Waals surface area contributed by atoms with Crippen LogP contribution in [0.2, 0.25) is 0 Å². The molecular weight excluding hydrogens is 452 g/mol. The minimum Gasteiger partial charge on any atom is -0.457 e. The standard InChI is InChI=1S/C25H28N4O2S2/c1-16(22-14-17-7-8-18(22)13-17)26-23(30)15-32-25-29-28-24(33-25)27-19-9-11-21(12-10-19)31-20-5-3-2-4-6-20/h2-6,9-12,16-18,22H,7-8,13-15H2,1H3,(H,26,30)(H,27,28). The van der Waals surface area contributed by atoms with Crippen molar-refractivity contribution in [1.82, 2.24) is 15.5 Å². The Morgan fingerprint density at radius 1 is 1.09 bits per heavy atom. The van der Waals surface area contributed by atoms with E-state index in [1.54, 1.807) is 0 Å². The number of ether oxygens (including phenoxy) is 1. The Kier molecular flexibility index (Phi) is 6.83. The molecule has 0 saturated heterocycles. The molecule has 1 amide bonds. The van der Waals surface area contributed by atoms with Crippen LogP contribution in [0.3, 0.4) is 0 Å². The Labute approximate surface area is 202 Å². The van der Waals surface area contributed by atoms with Gasteiger partial charge in [-0.05, 0) is 80.3 Å². The molecule has 0 aliphatic heterocycles. The molecule has 5 rings (SSSR count). The summed E-state index contributed by atoms with van der Waals surface area (Å²) in [5.41, 5.74) is 0.903. The fraction of sp³-hybridized carbons (Fsp3) is 0.400. The second-order valence-corrected chi connectivity index (χ2v) is 11.1. The van der Waals surface area contributed by atoms with Gasteiger partial charge in [0.15, 0.2) is 4.34 Å². The molecule has 0 radical (unpaired) electrons. The van der Waals surface area contributed by atoms with Gasteiger partial charge in [-0.15, -0.1) is 10.2 Å². The normalized spacial score (nSPS) is 22.2. The zero-order valence-electron chi connectivity index (χ0n) is 18.6. The predicted octanol–water partition coefficient (Wildman–Crippen LogP) is 6.11. The Bertz CT molecular complexity index is 1070. The van der Waals surface area contributed by atoms with Crippen LogP contribution in [0.5, 0.6) is 11.5 Å². The number of thioether (sulfide) groups is 1. The summed E-state index contributed by atoms with van der Waals surface area (Å²) in [6, 6.07) is 17.7. The van der Waals surface area contributed by atoms with Gasteiger partial charge in [-0.1, -0.05) is 47.7 Å². The average molecular weight is 481 g/mol. The first-order valence-corrected chi connectivity index (χ1v) is 13.3. The number of nitrogens with one attached hydrogen (secondary N) is 2. The molecule has 4 atom stereocenters. The molecule has 2 bridgehead atoms. The lowest BCUT2D eigenvalue weighted by atomic mass is 9.84. The van der Waals surface area contributed by atoms with E-state index in [1.165, 1.54) is 48.8 Å². The number of fused-ring (bicyclic) bond motifs is 2. The molecule has 2 fully saturated rings. The highest BCUT2D eigenvalue weighted by Crippen LogP contribution is 2.49. The van der Waals surface area contributed by atoms with Gasteiger partial charge in [0.05, 0.1) is 5.75 Å². The Balaban J connectivity index is 1.07. The predicted molar refractivity (Wildman–Crippen MR) is 133 cm³/mol. The van der Waals surface area contributed by atoms with Crippen molar-refractivity contribution in [2.75, 3.05) is 11.1 Å². The average Bonchev–Trinajstić information content (AvgIpc) is 3.57. The van der Waals surface area contributed by atoms with Crippen LogP contribution in [0.15, 0.2) is 58.9 Å². The third-order valence-electron chi connectivity index (χ3n) is 6.64. The van der Waals surface area contributed by atoms with Crippen LogP contribution < -0.4 is 15.4 Å². The molecule has 1 aromatic heterocycles. The van der Waals surface area contributed by atoms with Gasteiger partial charge in [0.25, 0.3) is 0 Å². The molecule has 6 nitrogen and oxygen atoms in total. The van der Waals surface area contributed by atoms with E-state index in [0.29, 0.717) is 16.8 Å². The summed E-state index contributed by atoms with van der Waals surface area (Å²) < 4.78 is 6.60. The maximum Gasteiger partial charge on any atom is 0.230 e. The van der Waals surface area contributed by atoms with Crippen LogP contribution in [-0.4, -0.2) is 27.9 Å². The van der Waals surface area contributed by atoms with Crippen LogP contribution in [-0.2, 0) is 4.79 Å². The summed E-state index contributed by atoms with van der Waals surface area (Å²) in [7, 11) is 0. The number of hydrogen-bond donors (Lipinski definition) is 2. The number of carbonyl (C=O) groups is 1. The van der Waals surface area contributed by atoms with Crippen molar-refractivity contribution in [3.63, 3.8) is 0 Å². The van der Waals surface area contributed by atoms with Crippen molar-refractivity contribution in [2.45, 2.75) is 43.0 Å². The van der Waals surface area contributed by atoms with Crippen molar-refractivity contribution in [3.05, 3.63) is 54.6 Å². The maximum absolute atomic E-state index is 12.4. The highest BCUT2D eigenvalue weighted by Gasteiger charge is 2.42. The molecule has 1 heterocycles. The number of anilines is 2. The number of aromatic nitrogens is 2. The Morgan fingerprint density at radius 2 is 1.88 bits per heavy atom. The van der Waals surface area contributed by atoms with Crippen molar-refractivity contribution in [2.24, 2.45) is 17.8 Å². The SMILES string of the molecule is CC(NC(=O)CSc1nnc(Nc2ccc(Oc3ccccc3)cc2)s1)C1CC2CCC1C2. The van der Waals surface area contributed by atoms with Crippen molar-refractivity contribution >= 4 is 39.8 Å². The monoisotopic (exact) mass is 480 g/mol. The summed E-state index contributed by atoms with van der Waals surface area (Å²) in [6.45, 7) is 2.16. The van der Waals surface area contributed by atoms with E-state index >= 15 is 0 Å².